The van der Waals surface area contributed by atoms with Gasteiger partial charge in [0.2, 0.25) is 0 Å². The molecule has 0 atom stereocenters. The number of carbonyl (C=O) groups is 3. The van der Waals surface area contributed by atoms with E-state index in [-0.39, 0.29) is 10.7 Å². The number of carboxylic acid groups (broad SMARTS) is 2. The van der Waals surface area contributed by atoms with Gasteiger partial charge in [-0.05, 0) is 18.2 Å². The summed E-state index contributed by atoms with van der Waals surface area (Å²) in [7, 11) is 0. The second-order valence-corrected chi connectivity index (χ2v) is 4.11. The molecule has 0 fully saturated rings. The van der Waals surface area contributed by atoms with Crippen LogP contribution in [0, 0.1) is 5.82 Å². The fourth-order valence-electron chi connectivity index (χ4n) is 1.30. The maximum Gasteiger partial charge on any atom is 0.323 e. The number of urea groups is 1. The zero-order valence-corrected chi connectivity index (χ0v) is 10.7. The van der Waals surface area contributed by atoms with E-state index in [1.807, 2.05) is 0 Å². The molecule has 20 heavy (non-hydrogen) atoms. The van der Waals surface area contributed by atoms with Gasteiger partial charge in [-0.2, -0.15) is 0 Å². The van der Waals surface area contributed by atoms with Crippen LogP contribution >= 0.6 is 11.6 Å². The summed E-state index contributed by atoms with van der Waals surface area (Å²) in [6.07, 6.45) is 0. The van der Waals surface area contributed by atoms with Crippen LogP contribution in [0.2, 0.25) is 5.02 Å². The number of amides is 2. The fraction of sp³-hybridized carbons (Fsp3) is 0.182. The smallest absolute Gasteiger partial charge is 0.323 e. The SMILES string of the molecule is O=C(O)CN(CC(=O)O)C(=O)Nc1ccc(F)c(Cl)c1. The zero-order valence-electron chi connectivity index (χ0n) is 9.97. The van der Waals surface area contributed by atoms with Gasteiger partial charge in [0, 0.05) is 5.69 Å². The Morgan fingerprint density at radius 1 is 1.20 bits per heavy atom. The summed E-state index contributed by atoms with van der Waals surface area (Å²) < 4.78 is 12.9. The molecule has 2 amide bonds. The molecule has 9 heteroatoms. The molecule has 0 aliphatic carbocycles. The number of halogens is 2. The van der Waals surface area contributed by atoms with Crippen molar-refractivity contribution in [2.75, 3.05) is 18.4 Å². The molecular weight excluding hydrogens is 295 g/mol. The van der Waals surface area contributed by atoms with E-state index >= 15 is 0 Å². The average molecular weight is 305 g/mol. The Balaban J connectivity index is 2.81. The molecule has 0 saturated heterocycles. The van der Waals surface area contributed by atoms with Crippen LogP contribution in [-0.4, -0.2) is 46.2 Å². The molecule has 108 valence electrons. The molecule has 3 N–H and O–H groups in total. The first-order chi connectivity index (χ1) is 9.29. The summed E-state index contributed by atoms with van der Waals surface area (Å²) in [5.74, 6) is -3.41. The number of nitrogens with one attached hydrogen (secondary N) is 1. The summed E-state index contributed by atoms with van der Waals surface area (Å²) in [6.45, 7) is -1.57. The topological polar surface area (TPSA) is 107 Å². The van der Waals surface area contributed by atoms with Gasteiger partial charge in [-0.25, -0.2) is 9.18 Å². The van der Waals surface area contributed by atoms with Gasteiger partial charge < -0.3 is 20.4 Å². The molecule has 0 heterocycles. The monoisotopic (exact) mass is 304 g/mol. The van der Waals surface area contributed by atoms with Gasteiger partial charge in [-0.3, -0.25) is 9.59 Å². The summed E-state index contributed by atoms with van der Waals surface area (Å²) >= 11 is 5.52. The van der Waals surface area contributed by atoms with Gasteiger partial charge in [0.25, 0.3) is 0 Å². The quantitative estimate of drug-likeness (QED) is 0.764. The molecule has 0 radical (unpaired) electrons. The molecule has 1 aromatic rings. The van der Waals surface area contributed by atoms with Crippen molar-refractivity contribution in [1.29, 1.82) is 0 Å². The lowest BCUT2D eigenvalue weighted by Gasteiger charge is -2.19. The van der Waals surface area contributed by atoms with Gasteiger partial charge in [0.05, 0.1) is 5.02 Å². The molecule has 1 rings (SSSR count). The molecule has 0 bridgehead atoms. The largest absolute Gasteiger partial charge is 0.480 e. The van der Waals surface area contributed by atoms with Crippen molar-refractivity contribution in [3.05, 3.63) is 29.0 Å². The first-order valence-corrected chi connectivity index (χ1v) is 5.62. The maximum absolute atomic E-state index is 12.9. The third kappa shape index (κ3) is 4.73. The number of aliphatic carboxylic acids is 2. The summed E-state index contributed by atoms with van der Waals surface area (Å²) in [6, 6.07) is 2.39. The van der Waals surface area contributed by atoms with E-state index in [1.165, 1.54) is 6.07 Å². The van der Waals surface area contributed by atoms with Crippen LogP contribution in [0.4, 0.5) is 14.9 Å². The van der Waals surface area contributed by atoms with Crippen molar-refractivity contribution in [2.24, 2.45) is 0 Å². The molecule has 0 aliphatic rings. The van der Waals surface area contributed by atoms with Crippen LogP contribution in [0.5, 0.6) is 0 Å². The molecule has 0 spiro atoms. The van der Waals surface area contributed by atoms with E-state index in [4.69, 9.17) is 21.8 Å². The van der Waals surface area contributed by atoms with Crippen molar-refractivity contribution in [3.63, 3.8) is 0 Å². The highest BCUT2D eigenvalue weighted by Crippen LogP contribution is 2.19. The first-order valence-electron chi connectivity index (χ1n) is 5.24. The highest BCUT2D eigenvalue weighted by atomic mass is 35.5. The van der Waals surface area contributed by atoms with Crippen LogP contribution in [0.3, 0.4) is 0 Å². The van der Waals surface area contributed by atoms with Crippen LogP contribution < -0.4 is 5.32 Å². The second kappa shape index (κ2) is 6.71. The molecule has 1 aromatic carbocycles. The predicted molar refractivity (Wildman–Crippen MR) is 67.3 cm³/mol. The van der Waals surface area contributed by atoms with Crippen LogP contribution in [-0.2, 0) is 9.59 Å². The van der Waals surface area contributed by atoms with Crippen molar-refractivity contribution in [2.45, 2.75) is 0 Å². The summed E-state index contributed by atoms with van der Waals surface area (Å²) in [4.78, 5) is 33.4. The summed E-state index contributed by atoms with van der Waals surface area (Å²) in [5, 5.41) is 19.2. The van der Waals surface area contributed by atoms with E-state index in [9.17, 15) is 18.8 Å². The van der Waals surface area contributed by atoms with Crippen molar-refractivity contribution >= 4 is 35.3 Å². The van der Waals surface area contributed by atoms with Gasteiger partial charge in [0.1, 0.15) is 18.9 Å². The van der Waals surface area contributed by atoms with Crippen molar-refractivity contribution in [1.82, 2.24) is 4.90 Å². The zero-order chi connectivity index (χ0) is 15.3. The molecule has 0 aliphatic heterocycles. The highest BCUT2D eigenvalue weighted by Gasteiger charge is 2.19. The number of benzene rings is 1. The lowest BCUT2D eigenvalue weighted by molar-refractivity contribution is -0.140. The molecule has 0 saturated carbocycles. The standard InChI is InChI=1S/C11H10ClFN2O5/c12-7-3-6(1-2-8(7)13)14-11(20)15(4-9(16)17)5-10(18)19/h1-3H,4-5H2,(H,14,20)(H,16,17)(H,18,19). The van der Waals surface area contributed by atoms with E-state index in [0.717, 1.165) is 12.1 Å². The number of nitrogens with zero attached hydrogens (tertiary/aromatic N) is 1. The van der Waals surface area contributed by atoms with Crippen molar-refractivity contribution < 1.29 is 29.0 Å². The van der Waals surface area contributed by atoms with E-state index in [0.29, 0.717) is 4.90 Å². The van der Waals surface area contributed by atoms with Gasteiger partial charge in [-0.15, -0.1) is 0 Å². The Hall–Kier alpha value is -2.35. The Morgan fingerprint density at radius 3 is 2.20 bits per heavy atom. The number of anilines is 1. The molecule has 7 nitrogen and oxygen atoms in total. The molecular formula is C11H10ClFN2O5. The Kier molecular flexibility index (Phi) is 5.27. The molecule has 0 unspecified atom stereocenters. The van der Waals surface area contributed by atoms with Gasteiger partial charge >= 0.3 is 18.0 Å². The Bertz CT molecular complexity index is 536. The van der Waals surface area contributed by atoms with E-state index in [2.05, 4.69) is 5.32 Å². The van der Waals surface area contributed by atoms with Crippen molar-refractivity contribution in [3.8, 4) is 0 Å². The normalized spacial score (nSPS) is 9.90. The van der Waals surface area contributed by atoms with Crippen LogP contribution in [0.15, 0.2) is 18.2 Å². The Morgan fingerprint density at radius 2 is 1.75 bits per heavy atom. The van der Waals surface area contributed by atoms with Crippen LogP contribution in [0.25, 0.3) is 0 Å². The first kappa shape index (κ1) is 15.7. The number of hydrogen-bond acceptors (Lipinski definition) is 3. The predicted octanol–water partition coefficient (Wildman–Crippen LogP) is 1.48. The lowest BCUT2D eigenvalue weighted by atomic mass is 10.3. The fourth-order valence-corrected chi connectivity index (χ4v) is 1.48. The number of carbonyl (C=O) groups excluding carboxylic acids is 1. The van der Waals surface area contributed by atoms with E-state index in [1.54, 1.807) is 0 Å². The number of hydrogen-bond donors (Lipinski definition) is 3. The van der Waals surface area contributed by atoms with E-state index < -0.39 is 36.9 Å². The minimum atomic E-state index is -1.36. The average Bonchev–Trinajstić information content (AvgIpc) is 2.32. The summed E-state index contributed by atoms with van der Waals surface area (Å²) in [5.41, 5.74) is 0.113. The van der Waals surface area contributed by atoms with Gasteiger partial charge in [0.15, 0.2) is 0 Å². The second-order valence-electron chi connectivity index (χ2n) is 3.70. The van der Waals surface area contributed by atoms with Crippen LogP contribution in [0.1, 0.15) is 0 Å². The lowest BCUT2D eigenvalue weighted by Crippen LogP contribution is -2.41. The minimum absolute atomic E-state index is 0.113. The number of rotatable bonds is 5. The third-order valence-electron chi connectivity index (χ3n) is 2.11. The maximum atomic E-state index is 12.9. The minimum Gasteiger partial charge on any atom is -0.480 e. The van der Waals surface area contributed by atoms with Gasteiger partial charge in [-0.1, -0.05) is 11.6 Å². The third-order valence-corrected chi connectivity index (χ3v) is 2.40. The Labute approximate surface area is 117 Å². The highest BCUT2D eigenvalue weighted by molar-refractivity contribution is 6.31. The number of carboxylic acids is 2. The molecule has 0 aromatic heterocycles.